The van der Waals surface area contributed by atoms with Gasteiger partial charge in [0.1, 0.15) is 6.10 Å². The molecule has 3 rings (SSSR count). The first-order valence-corrected chi connectivity index (χ1v) is 7.39. The van der Waals surface area contributed by atoms with Crippen molar-refractivity contribution in [2.75, 3.05) is 13.2 Å². The van der Waals surface area contributed by atoms with E-state index >= 15 is 0 Å². The van der Waals surface area contributed by atoms with Gasteiger partial charge in [-0.3, -0.25) is 0 Å². The van der Waals surface area contributed by atoms with Gasteiger partial charge in [-0.2, -0.15) is 0 Å². The molecule has 0 spiro atoms. The molecule has 2 N–H and O–H groups in total. The second kappa shape index (κ2) is 6.04. The Morgan fingerprint density at radius 1 is 1.26 bits per heavy atom. The topological polar surface area (TPSA) is 44.5 Å². The third-order valence-electron chi connectivity index (χ3n) is 4.24. The van der Waals surface area contributed by atoms with Gasteiger partial charge in [0.2, 0.25) is 0 Å². The molecule has 19 heavy (non-hydrogen) atoms. The number of ether oxygens (including phenoxy) is 2. The zero-order chi connectivity index (χ0) is 13.1. The molecular formula is C16H23NO2. The molecule has 3 unspecified atom stereocenters. The van der Waals surface area contributed by atoms with Gasteiger partial charge in [-0.1, -0.05) is 24.3 Å². The summed E-state index contributed by atoms with van der Waals surface area (Å²) in [4.78, 5) is 0. The van der Waals surface area contributed by atoms with Crippen LogP contribution in [-0.2, 0) is 15.9 Å². The van der Waals surface area contributed by atoms with Gasteiger partial charge < -0.3 is 15.2 Å². The molecule has 0 radical (unpaired) electrons. The summed E-state index contributed by atoms with van der Waals surface area (Å²) in [5.74, 6) is 0. The minimum Gasteiger partial charge on any atom is -0.375 e. The zero-order valence-electron chi connectivity index (χ0n) is 11.4. The fraction of sp³-hybridized carbons (Fsp3) is 0.625. The van der Waals surface area contributed by atoms with E-state index in [-0.39, 0.29) is 6.10 Å². The van der Waals surface area contributed by atoms with Crippen molar-refractivity contribution in [3.05, 3.63) is 35.4 Å². The average molecular weight is 261 g/mol. The lowest BCUT2D eigenvalue weighted by Gasteiger charge is -2.30. The van der Waals surface area contributed by atoms with Crippen LogP contribution in [0.2, 0.25) is 0 Å². The maximum Gasteiger partial charge on any atom is 0.106 e. The van der Waals surface area contributed by atoms with Crippen molar-refractivity contribution in [1.82, 2.24) is 0 Å². The smallest absolute Gasteiger partial charge is 0.106 e. The maximum absolute atomic E-state index is 6.04. The summed E-state index contributed by atoms with van der Waals surface area (Å²) in [5.41, 5.74) is 8.70. The van der Waals surface area contributed by atoms with Crippen molar-refractivity contribution in [3.8, 4) is 0 Å². The highest BCUT2D eigenvalue weighted by molar-refractivity contribution is 5.30. The predicted molar refractivity (Wildman–Crippen MR) is 75.0 cm³/mol. The van der Waals surface area contributed by atoms with Crippen LogP contribution in [-0.4, -0.2) is 25.4 Å². The Kier molecular flexibility index (Phi) is 4.16. The van der Waals surface area contributed by atoms with Crippen LogP contribution in [0.25, 0.3) is 0 Å². The van der Waals surface area contributed by atoms with Crippen molar-refractivity contribution in [2.24, 2.45) is 5.73 Å². The van der Waals surface area contributed by atoms with Gasteiger partial charge in [-0.05, 0) is 43.2 Å². The van der Waals surface area contributed by atoms with Crippen molar-refractivity contribution in [3.63, 3.8) is 0 Å². The molecule has 0 bridgehead atoms. The molecule has 0 amide bonds. The van der Waals surface area contributed by atoms with E-state index in [0.29, 0.717) is 18.8 Å². The highest BCUT2D eigenvalue weighted by Crippen LogP contribution is 2.28. The standard InChI is InChI=1S/C16H23NO2/c17-13-5-3-6-14(10-13)19-11-16-15-7-2-1-4-12(15)8-9-18-16/h1-2,4,7,13-14,16H,3,5-6,8-11,17H2. The summed E-state index contributed by atoms with van der Waals surface area (Å²) in [6.07, 6.45) is 5.90. The molecule has 0 saturated heterocycles. The molecule has 1 heterocycles. The van der Waals surface area contributed by atoms with Crippen molar-refractivity contribution in [1.29, 1.82) is 0 Å². The summed E-state index contributed by atoms with van der Waals surface area (Å²) in [7, 11) is 0. The molecule has 1 aliphatic heterocycles. The molecular weight excluding hydrogens is 238 g/mol. The van der Waals surface area contributed by atoms with Crippen LogP contribution in [0, 0.1) is 0 Å². The fourth-order valence-electron chi connectivity index (χ4n) is 3.17. The summed E-state index contributed by atoms with van der Waals surface area (Å²) < 4.78 is 11.9. The second-order valence-corrected chi connectivity index (χ2v) is 5.69. The van der Waals surface area contributed by atoms with Gasteiger partial charge in [0.15, 0.2) is 0 Å². The summed E-state index contributed by atoms with van der Waals surface area (Å²) in [5, 5.41) is 0. The van der Waals surface area contributed by atoms with Gasteiger partial charge in [0.25, 0.3) is 0 Å². The molecule has 104 valence electrons. The first-order valence-electron chi connectivity index (χ1n) is 7.39. The molecule has 1 aromatic rings. The van der Waals surface area contributed by atoms with Gasteiger partial charge in [-0.15, -0.1) is 0 Å². The lowest BCUT2D eigenvalue weighted by atomic mass is 9.93. The van der Waals surface area contributed by atoms with Crippen molar-refractivity contribution >= 4 is 0 Å². The van der Waals surface area contributed by atoms with E-state index in [4.69, 9.17) is 15.2 Å². The molecule has 1 aliphatic carbocycles. The largest absolute Gasteiger partial charge is 0.375 e. The first-order chi connectivity index (χ1) is 9.33. The number of rotatable bonds is 3. The molecule has 3 nitrogen and oxygen atoms in total. The molecule has 2 aliphatic rings. The van der Waals surface area contributed by atoms with Gasteiger partial charge in [0.05, 0.1) is 19.3 Å². The van der Waals surface area contributed by atoms with E-state index < -0.39 is 0 Å². The highest BCUT2D eigenvalue weighted by atomic mass is 16.5. The lowest BCUT2D eigenvalue weighted by molar-refractivity contribution is -0.0613. The Balaban J connectivity index is 1.59. The van der Waals surface area contributed by atoms with Crippen molar-refractivity contribution in [2.45, 2.75) is 50.4 Å². The number of hydrogen-bond donors (Lipinski definition) is 1. The quantitative estimate of drug-likeness (QED) is 0.909. The Morgan fingerprint density at radius 2 is 2.16 bits per heavy atom. The van der Waals surface area contributed by atoms with Crippen LogP contribution in [0.4, 0.5) is 0 Å². The summed E-state index contributed by atoms with van der Waals surface area (Å²) in [6, 6.07) is 8.86. The lowest BCUT2D eigenvalue weighted by Crippen LogP contribution is -2.33. The first kappa shape index (κ1) is 13.1. The fourth-order valence-corrected chi connectivity index (χ4v) is 3.17. The molecule has 3 heteroatoms. The van der Waals surface area contributed by atoms with Crippen LogP contribution >= 0.6 is 0 Å². The van der Waals surface area contributed by atoms with E-state index in [0.717, 1.165) is 32.3 Å². The van der Waals surface area contributed by atoms with Crippen molar-refractivity contribution < 1.29 is 9.47 Å². The van der Waals surface area contributed by atoms with Crippen LogP contribution in [0.3, 0.4) is 0 Å². The Bertz CT molecular complexity index is 421. The van der Waals surface area contributed by atoms with Gasteiger partial charge in [0, 0.05) is 6.04 Å². The Labute approximate surface area is 115 Å². The number of fused-ring (bicyclic) bond motifs is 1. The minimum atomic E-state index is 0.100. The summed E-state index contributed by atoms with van der Waals surface area (Å²) in [6.45, 7) is 1.46. The molecule has 1 saturated carbocycles. The van der Waals surface area contributed by atoms with E-state index in [9.17, 15) is 0 Å². The van der Waals surface area contributed by atoms with Crippen LogP contribution < -0.4 is 5.73 Å². The zero-order valence-corrected chi connectivity index (χ0v) is 11.4. The predicted octanol–water partition coefficient (Wildman–Crippen LogP) is 2.59. The average Bonchev–Trinajstić information content (AvgIpc) is 2.45. The molecule has 1 fully saturated rings. The van der Waals surface area contributed by atoms with E-state index in [1.54, 1.807) is 0 Å². The van der Waals surface area contributed by atoms with E-state index in [1.165, 1.54) is 17.5 Å². The Morgan fingerprint density at radius 3 is 3.05 bits per heavy atom. The van der Waals surface area contributed by atoms with Gasteiger partial charge in [-0.25, -0.2) is 0 Å². The van der Waals surface area contributed by atoms with Gasteiger partial charge >= 0.3 is 0 Å². The molecule has 1 aromatic carbocycles. The van der Waals surface area contributed by atoms with Crippen LogP contribution in [0.15, 0.2) is 24.3 Å². The third-order valence-corrected chi connectivity index (χ3v) is 4.24. The van der Waals surface area contributed by atoms with Crippen LogP contribution in [0.5, 0.6) is 0 Å². The molecule has 3 atom stereocenters. The number of hydrogen-bond acceptors (Lipinski definition) is 3. The van der Waals surface area contributed by atoms with E-state index in [2.05, 4.69) is 24.3 Å². The SMILES string of the molecule is NC1CCCC(OCC2OCCc3ccccc32)C1. The number of benzene rings is 1. The highest BCUT2D eigenvalue weighted by Gasteiger charge is 2.24. The molecule has 0 aromatic heterocycles. The van der Waals surface area contributed by atoms with E-state index in [1.807, 2.05) is 0 Å². The third kappa shape index (κ3) is 3.16. The summed E-state index contributed by atoms with van der Waals surface area (Å²) >= 11 is 0. The monoisotopic (exact) mass is 261 g/mol. The van der Waals surface area contributed by atoms with Crippen LogP contribution in [0.1, 0.15) is 42.9 Å². The maximum atomic E-state index is 6.04. The normalized spacial score (nSPS) is 30.9. The second-order valence-electron chi connectivity index (χ2n) is 5.69. The Hall–Kier alpha value is -0.900. The minimum absolute atomic E-state index is 0.100. The number of nitrogens with two attached hydrogens (primary N) is 1.